The number of hydrogen-bond acceptors (Lipinski definition) is 3. The van der Waals surface area contributed by atoms with E-state index in [4.69, 9.17) is 5.10 Å². The van der Waals surface area contributed by atoms with Crippen LogP contribution in [-0.4, -0.2) is 15.7 Å². The predicted octanol–water partition coefficient (Wildman–Crippen LogP) is 5.03. The van der Waals surface area contributed by atoms with Crippen LogP contribution in [-0.2, 0) is 16.6 Å². The first-order chi connectivity index (χ1) is 12.3. The molecule has 0 fully saturated rings. The second kappa shape index (κ2) is 7.08. The van der Waals surface area contributed by atoms with E-state index in [1.807, 2.05) is 40.4 Å². The molecule has 0 unspecified atom stereocenters. The summed E-state index contributed by atoms with van der Waals surface area (Å²) in [6.45, 7) is 10.5. The lowest BCUT2D eigenvalue weighted by molar-refractivity contribution is -0.115. The first-order valence-electron chi connectivity index (χ1n) is 8.75. The summed E-state index contributed by atoms with van der Waals surface area (Å²) in [6, 6.07) is 12.1. The molecule has 136 valence electrons. The Balaban J connectivity index is 1.99. The largest absolute Gasteiger partial charge is 0.310 e. The first kappa shape index (κ1) is 18.4. The standard InChI is InChI=1S/C21H25N3OS/c1-14-8-6-10-17(15(14)2)24-19(13-18(23-24)21(3,4)5)22-20(25)12-16-9-7-11-26-16/h6-11,13H,12H2,1-5H3,(H,22,25). The van der Waals surface area contributed by atoms with Crippen LogP contribution >= 0.6 is 11.3 Å². The molecule has 0 saturated heterocycles. The van der Waals surface area contributed by atoms with Crippen LogP contribution in [0.25, 0.3) is 5.69 Å². The van der Waals surface area contributed by atoms with Crippen LogP contribution in [0.5, 0.6) is 0 Å². The SMILES string of the molecule is Cc1cccc(-n2nc(C(C)(C)C)cc2NC(=O)Cc2cccs2)c1C. The number of carbonyl (C=O) groups is 1. The van der Waals surface area contributed by atoms with Crippen molar-refractivity contribution in [3.63, 3.8) is 0 Å². The highest BCUT2D eigenvalue weighted by molar-refractivity contribution is 7.10. The van der Waals surface area contributed by atoms with Gasteiger partial charge in [-0.2, -0.15) is 5.10 Å². The topological polar surface area (TPSA) is 46.9 Å². The molecule has 1 N–H and O–H groups in total. The fraction of sp³-hybridized carbons (Fsp3) is 0.333. The molecule has 1 amide bonds. The second-order valence-corrected chi connectivity index (χ2v) is 8.63. The van der Waals surface area contributed by atoms with Crippen LogP contribution in [0.3, 0.4) is 0 Å². The number of benzene rings is 1. The number of nitrogens with one attached hydrogen (secondary N) is 1. The maximum Gasteiger partial charge on any atom is 0.230 e. The highest BCUT2D eigenvalue weighted by Gasteiger charge is 2.22. The molecule has 0 aliphatic rings. The summed E-state index contributed by atoms with van der Waals surface area (Å²) < 4.78 is 1.86. The van der Waals surface area contributed by atoms with E-state index in [9.17, 15) is 4.79 Å². The van der Waals surface area contributed by atoms with Gasteiger partial charge in [-0.1, -0.05) is 39.0 Å². The minimum absolute atomic E-state index is 0.0284. The number of rotatable bonds is 4. The van der Waals surface area contributed by atoms with Gasteiger partial charge in [-0.15, -0.1) is 11.3 Å². The quantitative estimate of drug-likeness (QED) is 0.703. The van der Waals surface area contributed by atoms with Crippen molar-refractivity contribution in [3.8, 4) is 5.69 Å². The summed E-state index contributed by atoms with van der Waals surface area (Å²) in [6.07, 6.45) is 0.375. The van der Waals surface area contributed by atoms with Gasteiger partial charge in [0.1, 0.15) is 5.82 Å². The summed E-state index contributed by atoms with van der Waals surface area (Å²) in [4.78, 5) is 13.6. The van der Waals surface area contributed by atoms with Crippen LogP contribution in [0.15, 0.2) is 41.8 Å². The molecule has 3 rings (SSSR count). The second-order valence-electron chi connectivity index (χ2n) is 7.60. The van der Waals surface area contributed by atoms with Gasteiger partial charge >= 0.3 is 0 Å². The van der Waals surface area contributed by atoms with E-state index >= 15 is 0 Å². The molecule has 0 bridgehead atoms. The fourth-order valence-electron chi connectivity index (χ4n) is 2.74. The summed E-state index contributed by atoms with van der Waals surface area (Å²) in [7, 11) is 0. The van der Waals surface area contributed by atoms with Gasteiger partial charge in [0.25, 0.3) is 0 Å². The predicted molar refractivity (Wildman–Crippen MR) is 108 cm³/mol. The van der Waals surface area contributed by atoms with E-state index in [0.29, 0.717) is 12.2 Å². The third kappa shape index (κ3) is 3.88. The average Bonchev–Trinajstić information content (AvgIpc) is 3.19. The molecule has 5 heteroatoms. The van der Waals surface area contributed by atoms with Gasteiger partial charge in [0, 0.05) is 16.4 Å². The lowest BCUT2D eigenvalue weighted by atomic mass is 9.92. The average molecular weight is 368 g/mol. The van der Waals surface area contributed by atoms with E-state index in [2.05, 4.69) is 46.0 Å². The molecule has 2 heterocycles. The van der Waals surface area contributed by atoms with Crippen molar-refractivity contribution in [1.82, 2.24) is 9.78 Å². The number of hydrogen-bond donors (Lipinski definition) is 1. The smallest absolute Gasteiger partial charge is 0.230 e. The monoisotopic (exact) mass is 367 g/mol. The molecule has 0 saturated carbocycles. The number of carbonyl (C=O) groups excluding carboxylic acids is 1. The highest BCUT2D eigenvalue weighted by atomic mass is 32.1. The van der Waals surface area contributed by atoms with Crippen LogP contribution < -0.4 is 5.32 Å². The van der Waals surface area contributed by atoms with E-state index in [1.54, 1.807) is 11.3 Å². The van der Waals surface area contributed by atoms with Gasteiger partial charge in [0.05, 0.1) is 17.8 Å². The van der Waals surface area contributed by atoms with Gasteiger partial charge in [0.15, 0.2) is 0 Å². The number of aryl methyl sites for hydroxylation is 1. The molecule has 1 aromatic carbocycles. The molecule has 3 aromatic rings. The van der Waals surface area contributed by atoms with Crippen LogP contribution in [0.1, 0.15) is 42.5 Å². The number of amides is 1. The summed E-state index contributed by atoms with van der Waals surface area (Å²) >= 11 is 1.59. The van der Waals surface area contributed by atoms with Crippen molar-refractivity contribution < 1.29 is 4.79 Å². The van der Waals surface area contributed by atoms with Crippen molar-refractivity contribution in [2.45, 2.75) is 46.5 Å². The zero-order valence-electron chi connectivity index (χ0n) is 16.0. The van der Waals surface area contributed by atoms with E-state index in [0.717, 1.165) is 21.8 Å². The molecule has 26 heavy (non-hydrogen) atoms. The van der Waals surface area contributed by atoms with E-state index < -0.39 is 0 Å². The molecule has 0 aliphatic carbocycles. The van der Waals surface area contributed by atoms with Gasteiger partial charge in [-0.3, -0.25) is 4.79 Å². The third-order valence-electron chi connectivity index (χ3n) is 4.46. The Labute approximate surface area is 158 Å². The number of aromatic nitrogens is 2. The maximum atomic E-state index is 12.5. The number of anilines is 1. The minimum atomic E-state index is -0.101. The molecule has 0 spiro atoms. The Morgan fingerprint density at radius 2 is 1.96 bits per heavy atom. The normalized spacial score (nSPS) is 11.6. The lowest BCUT2D eigenvalue weighted by Gasteiger charge is -2.15. The van der Waals surface area contributed by atoms with Crippen molar-refractivity contribution in [1.29, 1.82) is 0 Å². The summed E-state index contributed by atoms with van der Waals surface area (Å²) in [5.41, 5.74) is 4.20. The van der Waals surface area contributed by atoms with E-state index in [1.165, 1.54) is 5.56 Å². The van der Waals surface area contributed by atoms with Crippen LogP contribution in [0.4, 0.5) is 5.82 Å². The number of thiophene rings is 1. The maximum absolute atomic E-state index is 12.5. The fourth-order valence-corrected chi connectivity index (χ4v) is 3.45. The van der Waals surface area contributed by atoms with Crippen molar-refractivity contribution in [2.75, 3.05) is 5.32 Å². The summed E-state index contributed by atoms with van der Waals surface area (Å²) in [5.74, 6) is 0.685. The van der Waals surface area contributed by atoms with Crippen LogP contribution in [0, 0.1) is 13.8 Å². The molecule has 0 aliphatic heterocycles. The zero-order valence-corrected chi connectivity index (χ0v) is 16.8. The lowest BCUT2D eigenvalue weighted by Crippen LogP contribution is -2.17. The summed E-state index contributed by atoms with van der Waals surface area (Å²) in [5, 5.41) is 9.85. The third-order valence-corrected chi connectivity index (χ3v) is 5.34. The van der Waals surface area contributed by atoms with Crippen molar-refractivity contribution >= 4 is 23.1 Å². The first-order valence-corrected chi connectivity index (χ1v) is 9.63. The Kier molecular flexibility index (Phi) is 5.01. The van der Waals surface area contributed by atoms with Gasteiger partial charge in [0.2, 0.25) is 5.91 Å². The molecular formula is C21H25N3OS. The Hall–Kier alpha value is -2.40. The van der Waals surface area contributed by atoms with Crippen molar-refractivity contribution in [2.24, 2.45) is 0 Å². The molecular weight excluding hydrogens is 342 g/mol. The Bertz CT molecular complexity index is 917. The number of nitrogens with zero attached hydrogens (tertiary/aromatic N) is 2. The molecule has 2 aromatic heterocycles. The van der Waals surface area contributed by atoms with Gasteiger partial charge in [-0.05, 0) is 42.5 Å². The van der Waals surface area contributed by atoms with Gasteiger partial charge in [-0.25, -0.2) is 4.68 Å². The van der Waals surface area contributed by atoms with Crippen LogP contribution in [0.2, 0.25) is 0 Å². The highest BCUT2D eigenvalue weighted by Crippen LogP contribution is 2.28. The molecule has 0 atom stereocenters. The zero-order chi connectivity index (χ0) is 18.9. The Morgan fingerprint density at radius 1 is 1.19 bits per heavy atom. The Morgan fingerprint density at radius 3 is 2.62 bits per heavy atom. The van der Waals surface area contributed by atoms with E-state index in [-0.39, 0.29) is 11.3 Å². The molecule has 0 radical (unpaired) electrons. The minimum Gasteiger partial charge on any atom is -0.310 e. The van der Waals surface area contributed by atoms with Crippen molar-refractivity contribution in [3.05, 3.63) is 63.5 Å². The molecule has 4 nitrogen and oxygen atoms in total. The van der Waals surface area contributed by atoms with Gasteiger partial charge < -0.3 is 5.32 Å².